The molecule has 0 fully saturated rings. The van der Waals surface area contributed by atoms with Gasteiger partial charge in [0.15, 0.2) is 0 Å². The molecule has 0 rings (SSSR count). The molecule has 0 heterocycles. The molecule has 44 heavy (non-hydrogen) atoms. The number of quaternary nitrogens is 1. The topological polar surface area (TPSA) is 0 Å². The number of rotatable bonds is 38. The summed E-state index contributed by atoms with van der Waals surface area (Å²) in [6, 6.07) is 0. The highest BCUT2D eigenvalue weighted by Crippen LogP contribution is 2.21. The Labute approximate surface area is 292 Å². The first-order chi connectivity index (χ1) is 21.2. The van der Waals surface area contributed by atoms with E-state index in [0.29, 0.717) is 0 Å². The van der Waals surface area contributed by atoms with Crippen LogP contribution in [0.15, 0.2) is 0 Å². The lowest BCUT2D eigenvalue weighted by Crippen LogP contribution is -3.00. The summed E-state index contributed by atoms with van der Waals surface area (Å²) in [4.78, 5) is 0. The smallest absolute Gasteiger partial charge is 0.0786 e. The van der Waals surface area contributed by atoms with E-state index in [4.69, 9.17) is 0 Å². The van der Waals surface area contributed by atoms with Crippen LogP contribution < -0.4 is 17.0 Å². The molecule has 268 valence electrons. The summed E-state index contributed by atoms with van der Waals surface area (Å²) in [5.74, 6) is 0. The summed E-state index contributed by atoms with van der Waals surface area (Å²) in [5.41, 5.74) is 0. The summed E-state index contributed by atoms with van der Waals surface area (Å²) in [5, 5.41) is 0. The Morgan fingerprint density at radius 3 is 0.523 bits per heavy atom. The van der Waals surface area contributed by atoms with Gasteiger partial charge in [0.2, 0.25) is 0 Å². The molecule has 0 N–H and O–H groups in total. The van der Waals surface area contributed by atoms with Crippen molar-refractivity contribution < 1.29 is 21.5 Å². The van der Waals surface area contributed by atoms with Crippen molar-refractivity contribution in [2.45, 2.75) is 246 Å². The van der Waals surface area contributed by atoms with Crippen molar-refractivity contribution in [3.63, 3.8) is 0 Å². The third kappa shape index (κ3) is 33.8. The lowest BCUT2D eigenvalue weighted by molar-refractivity contribution is -0.929. The monoisotopic (exact) mass is 686 g/mol. The fourth-order valence-corrected chi connectivity index (χ4v) is 7.35. The summed E-state index contributed by atoms with van der Waals surface area (Å²) >= 11 is 0. The first-order valence-corrected chi connectivity index (χ1v) is 21.1. The van der Waals surface area contributed by atoms with Crippen LogP contribution in [0.4, 0.5) is 0 Å². The minimum Gasteiger partial charge on any atom is -1.00 e. The van der Waals surface area contributed by atoms with E-state index in [9.17, 15) is 0 Å². The molecular weight excluding hydrogens is 598 g/mol. The number of hydrogen-bond donors (Lipinski definition) is 0. The van der Waals surface area contributed by atoms with Gasteiger partial charge >= 0.3 is 0 Å². The lowest BCUT2D eigenvalue weighted by atomic mass is 10.0. The van der Waals surface area contributed by atoms with E-state index >= 15 is 0 Å². The van der Waals surface area contributed by atoms with Crippen molar-refractivity contribution in [2.75, 3.05) is 26.2 Å². The Hall–Kier alpha value is 0.440. The van der Waals surface area contributed by atoms with Gasteiger partial charge in [-0.2, -0.15) is 0 Å². The van der Waals surface area contributed by atoms with E-state index in [-0.39, 0.29) is 17.0 Å². The van der Waals surface area contributed by atoms with E-state index in [1.165, 1.54) is 249 Å². The third-order valence-corrected chi connectivity index (χ3v) is 10.4. The summed E-state index contributed by atoms with van der Waals surface area (Å²) < 4.78 is 1.48. The Morgan fingerprint density at radius 1 is 0.205 bits per heavy atom. The molecule has 0 aliphatic rings. The van der Waals surface area contributed by atoms with Crippen LogP contribution >= 0.6 is 0 Å². The van der Waals surface area contributed by atoms with Gasteiger partial charge in [-0.05, 0) is 51.4 Å². The van der Waals surface area contributed by atoms with Crippen molar-refractivity contribution in [2.24, 2.45) is 0 Å². The Morgan fingerprint density at radius 2 is 0.341 bits per heavy atom. The van der Waals surface area contributed by atoms with E-state index < -0.39 is 0 Å². The van der Waals surface area contributed by atoms with Gasteiger partial charge in [-0.25, -0.2) is 0 Å². The molecule has 1 nitrogen and oxygen atoms in total. The van der Waals surface area contributed by atoms with Gasteiger partial charge in [-0.15, -0.1) is 0 Å². The van der Waals surface area contributed by atoms with Crippen LogP contribution in [0.3, 0.4) is 0 Å². The average Bonchev–Trinajstić information content (AvgIpc) is 3.02. The van der Waals surface area contributed by atoms with Gasteiger partial charge < -0.3 is 21.5 Å². The number of unbranched alkanes of at least 4 members (excludes halogenated alkanes) is 30. The molecule has 0 saturated heterocycles. The maximum atomic E-state index is 2.37. The van der Waals surface area contributed by atoms with E-state index in [2.05, 4.69) is 27.7 Å². The van der Waals surface area contributed by atoms with Crippen LogP contribution in [0.5, 0.6) is 0 Å². The minimum atomic E-state index is 0. The van der Waals surface area contributed by atoms with Gasteiger partial charge in [-0.1, -0.05) is 195 Å². The van der Waals surface area contributed by atoms with Gasteiger partial charge in [0.25, 0.3) is 0 Å². The van der Waals surface area contributed by atoms with Crippen molar-refractivity contribution in [3.05, 3.63) is 0 Å². The maximum Gasteiger partial charge on any atom is 0.0786 e. The number of halogens is 1. The summed E-state index contributed by atoms with van der Waals surface area (Å²) in [6.45, 7) is 15.3. The fraction of sp³-hybridized carbons (Fsp3) is 1.00. The van der Waals surface area contributed by atoms with Crippen LogP contribution in [-0.4, -0.2) is 30.7 Å². The number of nitrogens with zero attached hydrogens (tertiary/aromatic N) is 1. The van der Waals surface area contributed by atoms with Crippen LogP contribution in [0.1, 0.15) is 246 Å². The van der Waals surface area contributed by atoms with Crippen LogP contribution in [0.2, 0.25) is 0 Å². The van der Waals surface area contributed by atoms with Crippen molar-refractivity contribution in [1.29, 1.82) is 0 Å². The largest absolute Gasteiger partial charge is 1.00 e. The van der Waals surface area contributed by atoms with E-state index in [1.54, 1.807) is 0 Å². The van der Waals surface area contributed by atoms with Gasteiger partial charge in [0.1, 0.15) is 0 Å². The van der Waals surface area contributed by atoms with E-state index in [1.807, 2.05) is 0 Å². The summed E-state index contributed by atoms with van der Waals surface area (Å²) in [6.07, 6.45) is 49.7. The second-order valence-electron chi connectivity index (χ2n) is 14.8. The van der Waals surface area contributed by atoms with Crippen LogP contribution in [-0.2, 0) is 0 Å². The molecule has 0 amide bonds. The summed E-state index contributed by atoms with van der Waals surface area (Å²) in [7, 11) is 0. The van der Waals surface area contributed by atoms with Crippen LogP contribution in [0, 0.1) is 0 Å². The first kappa shape index (κ1) is 46.6. The second-order valence-corrected chi connectivity index (χ2v) is 14.8. The molecule has 0 spiro atoms. The van der Waals surface area contributed by atoms with Gasteiger partial charge in [-0.3, -0.25) is 0 Å². The predicted octanol–water partition coefficient (Wildman–Crippen LogP) is 12.2. The first-order valence-electron chi connectivity index (χ1n) is 21.1. The highest BCUT2D eigenvalue weighted by Gasteiger charge is 2.25. The van der Waals surface area contributed by atoms with Crippen LogP contribution in [0.25, 0.3) is 0 Å². The maximum absolute atomic E-state index is 2.37. The average molecular weight is 687 g/mol. The SMILES string of the molecule is CCCCCCCCCCCC[N+](CCCCCC)(CCCCCCCCCCCC)CCCCCCCCCCCC.[Br-]. The molecule has 0 bridgehead atoms. The van der Waals surface area contributed by atoms with Gasteiger partial charge in [0.05, 0.1) is 26.2 Å². The minimum absolute atomic E-state index is 0. The zero-order chi connectivity index (χ0) is 31.4. The molecule has 0 aromatic rings. The Kier molecular flexibility index (Phi) is 41.9. The Balaban J connectivity index is 0. The number of hydrogen-bond acceptors (Lipinski definition) is 0. The molecule has 0 aromatic carbocycles. The normalized spacial score (nSPS) is 11.7. The fourth-order valence-electron chi connectivity index (χ4n) is 7.35. The van der Waals surface area contributed by atoms with E-state index in [0.717, 1.165) is 0 Å². The predicted molar refractivity (Wildman–Crippen MR) is 199 cm³/mol. The zero-order valence-corrected chi connectivity index (χ0v) is 33.3. The van der Waals surface area contributed by atoms with Crippen molar-refractivity contribution in [1.82, 2.24) is 0 Å². The Bertz CT molecular complexity index is 432. The molecule has 0 aliphatic heterocycles. The van der Waals surface area contributed by atoms with Crippen molar-refractivity contribution >= 4 is 0 Å². The molecule has 0 atom stereocenters. The molecular formula is C42H88BrN. The molecule has 0 aliphatic carbocycles. The molecule has 2 heteroatoms. The third-order valence-electron chi connectivity index (χ3n) is 10.4. The van der Waals surface area contributed by atoms with Crippen molar-refractivity contribution in [3.8, 4) is 0 Å². The quantitative estimate of drug-likeness (QED) is 0.0448. The van der Waals surface area contributed by atoms with Gasteiger partial charge in [0, 0.05) is 0 Å². The standard InChI is InChI=1S/C42H88N.BrH/c1-5-9-13-17-20-23-26-29-32-36-40-43(39-35-16-12-8-4,41-37-33-30-27-24-21-18-14-10-6-2)42-38-34-31-28-25-22-19-15-11-7-3;/h5-42H2,1-4H3;1H/q+1;/p-1. The second kappa shape index (κ2) is 39.6. The molecule has 0 saturated carbocycles. The lowest BCUT2D eigenvalue weighted by Gasteiger charge is -2.40. The highest BCUT2D eigenvalue weighted by molar-refractivity contribution is 4.56. The zero-order valence-electron chi connectivity index (χ0n) is 31.7. The molecule has 0 unspecified atom stereocenters. The molecule has 0 aromatic heterocycles. The highest BCUT2D eigenvalue weighted by atomic mass is 79.9. The molecule has 0 radical (unpaired) electrons.